The van der Waals surface area contributed by atoms with Crippen LogP contribution in [0, 0.1) is 0 Å². The summed E-state index contributed by atoms with van der Waals surface area (Å²) in [4.78, 5) is 1.35. The first-order valence-corrected chi connectivity index (χ1v) is 6.99. The predicted molar refractivity (Wildman–Crippen MR) is 73.5 cm³/mol. The molecule has 0 aliphatic carbocycles. The van der Waals surface area contributed by atoms with Crippen molar-refractivity contribution in [1.29, 1.82) is 0 Å². The Labute approximate surface area is 108 Å². The summed E-state index contributed by atoms with van der Waals surface area (Å²) < 4.78 is 5.18. The summed E-state index contributed by atoms with van der Waals surface area (Å²) in [7, 11) is 0. The minimum atomic E-state index is 0.177. The molecule has 0 unspecified atom stereocenters. The number of ether oxygens (including phenoxy) is 1. The molecular formula is C14H21NOS. The molecule has 1 saturated heterocycles. The zero-order valence-electron chi connectivity index (χ0n) is 10.8. The van der Waals surface area contributed by atoms with E-state index in [4.69, 9.17) is 4.74 Å². The van der Waals surface area contributed by atoms with Crippen LogP contribution in [0.15, 0.2) is 29.2 Å². The Morgan fingerprint density at radius 3 is 2.35 bits per heavy atom. The average Bonchev–Trinajstić information content (AvgIpc) is 2.21. The Morgan fingerprint density at radius 2 is 1.88 bits per heavy atom. The van der Waals surface area contributed by atoms with Crippen molar-refractivity contribution in [3.8, 4) is 0 Å². The lowest BCUT2D eigenvalue weighted by Crippen LogP contribution is -2.35. The molecule has 1 fully saturated rings. The van der Waals surface area contributed by atoms with Gasteiger partial charge in [-0.2, -0.15) is 0 Å². The van der Waals surface area contributed by atoms with Gasteiger partial charge < -0.3 is 10.1 Å². The van der Waals surface area contributed by atoms with Crippen molar-refractivity contribution in [2.45, 2.75) is 43.0 Å². The molecule has 94 valence electrons. The topological polar surface area (TPSA) is 21.3 Å². The SMILES string of the molecule is CC(C)(C)NCc1ccc(SC2COC2)cc1. The van der Waals surface area contributed by atoms with Gasteiger partial charge in [0.1, 0.15) is 0 Å². The van der Waals surface area contributed by atoms with E-state index in [0.717, 1.165) is 19.8 Å². The molecule has 3 heteroatoms. The molecular weight excluding hydrogens is 230 g/mol. The third-order valence-corrected chi connectivity index (χ3v) is 3.81. The fraction of sp³-hybridized carbons (Fsp3) is 0.571. The fourth-order valence-corrected chi connectivity index (χ4v) is 2.53. The number of hydrogen-bond donors (Lipinski definition) is 1. The highest BCUT2D eigenvalue weighted by molar-refractivity contribution is 8.00. The molecule has 1 heterocycles. The zero-order chi connectivity index (χ0) is 12.3. The molecule has 2 nitrogen and oxygen atoms in total. The Hall–Kier alpha value is -0.510. The highest BCUT2D eigenvalue weighted by atomic mass is 32.2. The van der Waals surface area contributed by atoms with Gasteiger partial charge in [-0.05, 0) is 38.5 Å². The zero-order valence-corrected chi connectivity index (χ0v) is 11.6. The van der Waals surface area contributed by atoms with E-state index in [1.165, 1.54) is 10.5 Å². The Bertz CT molecular complexity index is 351. The monoisotopic (exact) mass is 251 g/mol. The fourth-order valence-electron chi connectivity index (χ4n) is 1.53. The van der Waals surface area contributed by atoms with E-state index in [1.807, 2.05) is 11.8 Å². The lowest BCUT2D eigenvalue weighted by Gasteiger charge is -2.25. The van der Waals surface area contributed by atoms with Crippen LogP contribution in [-0.4, -0.2) is 24.0 Å². The minimum Gasteiger partial charge on any atom is -0.379 e. The summed E-state index contributed by atoms with van der Waals surface area (Å²) in [6.07, 6.45) is 0. The second-order valence-corrected chi connectivity index (χ2v) is 6.90. The van der Waals surface area contributed by atoms with Crippen LogP contribution < -0.4 is 5.32 Å². The molecule has 1 aromatic rings. The summed E-state index contributed by atoms with van der Waals surface area (Å²) in [5.41, 5.74) is 1.52. The largest absolute Gasteiger partial charge is 0.379 e. The molecule has 1 N–H and O–H groups in total. The number of rotatable bonds is 4. The Balaban J connectivity index is 1.84. The van der Waals surface area contributed by atoms with E-state index in [2.05, 4.69) is 50.4 Å². The molecule has 0 spiro atoms. The number of hydrogen-bond acceptors (Lipinski definition) is 3. The normalized spacial score (nSPS) is 16.9. The van der Waals surface area contributed by atoms with Crippen LogP contribution in [0.25, 0.3) is 0 Å². The Morgan fingerprint density at radius 1 is 1.24 bits per heavy atom. The van der Waals surface area contributed by atoms with Gasteiger partial charge in [-0.25, -0.2) is 0 Å². The summed E-state index contributed by atoms with van der Waals surface area (Å²) in [5, 5.41) is 4.15. The van der Waals surface area contributed by atoms with E-state index in [-0.39, 0.29) is 5.54 Å². The van der Waals surface area contributed by atoms with Crippen molar-refractivity contribution in [3.05, 3.63) is 29.8 Å². The maximum absolute atomic E-state index is 5.18. The Kier molecular flexibility index (Phi) is 4.13. The van der Waals surface area contributed by atoms with Crippen LogP contribution in [-0.2, 0) is 11.3 Å². The molecule has 0 atom stereocenters. The maximum Gasteiger partial charge on any atom is 0.0611 e. The van der Waals surface area contributed by atoms with Gasteiger partial charge in [0.15, 0.2) is 0 Å². The van der Waals surface area contributed by atoms with Crippen LogP contribution >= 0.6 is 11.8 Å². The van der Waals surface area contributed by atoms with Crippen LogP contribution in [0.5, 0.6) is 0 Å². The number of benzene rings is 1. The smallest absolute Gasteiger partial charge is 0.0611 e. The lowest BCUT2D eigenvalue weighted by atomic mass is 10.1. The van der Waals surface area contributed by atoms with E-state index in [0.29, 0.717) is 5.25 Å². The lowest BCUT2D eigenvalue weighted by molar-refractivity contribution is 0.0455. The minimum absolute atomic E-state index is 0.177. The first kappa shape index (κ1) is 12.9. The molecule has 1 aromatic carbocycles. The molecule has 1 aliphatic heterocycles. The van der Waals surface area contributed by atoms with Crippen LogP contribution in [0.4, 0.5) is 0 Å². The van der Waals surface area contributed by atoms with E-state index < -0.39 is 0 Å². The molecule has 0 aromatic heterocycles. The molecule has 17 heavy (non-hydrogen) atoms. The van der Waals surface area contributed by atoms with E-state index >= 15 is 0 Å². The van der Waals surface area contributed by atoms with Gasteiger partial charge in [0.05, 0.1) is 18.5 Å². The van der Waals surface area contributed by atoms with Gasteiger partial charge in [-0.15, -0.1) is 11.8 Å². The highest BCUT2D eigenvalue weighted by Crippen LogP contribution is 2.27. The van der Waals surface area contributed by atoms with E-state index in [1.54, 1.807) is 0 Å². The molecule has 0 saturated carbocycles. The third-order valence-electron chi connectivity index (χ3n) is 2.66. The van der Waals surface area contributed by atoms with Gasteiger partial charge in [-0.1, -0.05) is 12.1 Å². The van der Waals surface area contributed by atoms with Crippen LogP contribution in [0.2, 0.25) is 0 Å². The molecule has 0 bridgehead atoms. The number of thioether (sulfide) groups is 1. The molecule has 0 amide bonds. The third kappa shape index (κ3) is 4.34. The van der Waals surface area contributed by atoms with Gasteiger partial charge in [0.2, 0.25) is 0 Å². The summed E-state index contributed by atoms with van der Waals surface area (Å²) >= 11 is 1.92. The van der Waals surface area contributed by atoms with Crippen molar-refractivity contribution in [3.63, 3.8) is 0 Å². The summed E-state index contributed by atoms with van der Waals surface area (Å²) in [6, 6.07) is 8.84. The van der Waals surface area contributed by atoms with Gasteiger partial charge >= 0.3 is 0 Å². The van der Waals surface area contributed by atoms with Gasteiger partial charge in [-0.3, -0.25) is 0 Å². The first-order valence-electron chi connectivity index (χ1n) is 6.11. The van der Waals surface area contributed by atoms with Gasteiger partial charge in [0, 0.05) is 17.0 Å². The first-order chi connectivity index (χ1) is 8.03. The maximum atomic E-state index is 5.18. The summed E-state index contributed by atoms with van der Waals surface area (Å²) in [5.74, 6) is 0. The van der Waals surface area contributed by atoms with Crippen molar-refractivity contribution in [2.75, 3.05) is 13.2 Å². The van der Waals surface area contributed by atoms with Crippen molar-refractivity contribution < 1.29 is 4.74 Å². The predicted octanol–water partition coefficient (Wildman–Crippen LogP) is 3.07. The van der Waals surface area contributed by atoms with Crippen molar-refractivity contribution in [1.82, 2.24) is 5.32 Å². The molecule has 2 rings (SSSR count). The quantitative estimate of drug-likeness (QED) is 0.888. The van der Waals surface area contributed by atoms with Crippen molar-refractivity contribution >= 4 is 11.8 Å². The van der Waals surface area contributed by atoms with Crippen LogP contribution in [0.1, 0.15) is 26.3 Å². The van der Waals surface area contributed by atoms with Crippen LogP contribution in [0.3, 0.4) is 0 Å². The standard InChI is InChI=1S/C14H21NOS/c1-14(2,3)15-8-11-4-6-12(7-5-11)17-13-9-16-10-13/h4-7,13,15H,8-10H2,1-3H3. The second kappa shape index (κ2) is 5.42. The average molecular weight is 251 g/mol. The highest BCUT2D eigenvalue weighted by Gasteiger charge is 2.19. The molecule has 0 radical (unpaired) electrons. The number of nitrogens with one attached hydrogen (secondary N) is 1. The van der Waals surface area contributed by atoms with Crippen molar-refractivity contribution in [2.24, 2.45) is 0 Å². The van der Waals surface area contributed by atoms with Gasteiger partial charge in [0.25, 0.3) is 0 Å². The molecule has 1 aliphatic rings. The van der Waals surface area contributed by atoms with E-state index in [9.17, 15) is 0 Å². The summed E-state index contributed by atoms with van der Waals surface area (Å²) in [6.45, 7) is 9.30. The second-order valence-electron chi connectivity index (χ2n) is 5.52.